The first-order valence-electron chi connectivity index (χ1n) is 7.31. The van der Waals surface area contributed by atoms with Crippen molar-refractivity contribution in [3.05, 3.63) is 35.8 Å². The van der Waals surface area contributed by atoms with Crippen LogP contribution in [0.2, 0.25) is 0 Å². The maximum absolute atomic E-state index is 4.57. The van der Waals surface area contributed by atoms with Crippen LogP contribution in [0.3, 0.4) is 0 Å². The van der Waals surface area contributed by atoms with E-state index < -0.39 is 0 Å². The second-order valence-corrected chi connectivity index (χ2v) is 5.64. The summed E-state index contributed by atoms with van der Waals surface area (Å²) in [7, 11) is 0. The Morgan fingerprint density at radius 3 is 2.89 bits per heavy atom. The molecular formula is C16H25N3. The molecule has 0 bridgehead atoms. The molecule has 0 radical (unpaired) electrons. The Morgan fingerprint density at radius 2 is 2.11 bits per heavy atom. The fraction of sp³-hybridized carbons (Fsp3) is 0.562. The highest BCUT2D eigenvalue weighted by Gasteiger charge is 2.06. The van der Waals surface area contributed by atoms with Crippen LogP contribution in [0.25, 0.3) is 5.65 Å². The third-order valence-electron chi connectivity index (χ3n) is 3.51. The normalized spacial score (nSPS) is 11.6. The SMILES string of the molecule is Cc1nc2ccccn2c1CNCCCCC(C)C. The highest BCUT2D eigenvalue weighted by atomic mass is 15.0. The molecule has 0 aliphatic carbocycles. The van der Waals surface area contributed by atoms with Crippen molar-refractivity contribution in [3.8, 4) is 0 Å². The molecule has 0 aromatic carbocycles. The van der Waals surface area contributed by atoms with Gasteiger partial charge in [0.25, 0.3) is 0 Å². The van der Waals surface area contributed by atoms with E-state index in [0.29, 0.717) is 0 Å². The Labute approximate surface area is 116 Å². The smallest absolute Gasteiger partial charge is 0.137 e. The van der Waals surface area contributed by atoms with Gasteiger partial charge in [0.2, 0.25) is 0 Å². The maximum Gasteiger partial charge on any atom is 0.137 e. The van der Waals surface area contributed by atoms with Crippen molar-refractivity contribution >= 4 is 5.65 Å². The number of aromatic nitrogens is 2. The summed E-state index contributed by atoms with van der Waals surface area (Å²) >= 11 is 0. The van der Waals surface area contributed by atoms with Gasteiger partial charge in [0.05, 0.1) is 11.4 Å². The summed E-state index contributed by atoms with van der Waals surface area (Å²) in [6.07, 6.45) is 5.99. The fourth-order valence-corrected chi connectivity index (χ4v) is 2.39. The number of rotatable bonds is 7. The number of unbranched alkanes of at least 4 members (excludes halogenated alkanes) is 1. The van der Waals surface area contributed by atoms with Crippen LogP contribution in [-0.2, 0) is 6.54 Å². The number of imidazole rings is 1. The molecule has 0 saturated heterocycles. The first-order valence-corrected chi connectivity index (χ1v) is 7.31. The molecule has 19 heavy (non-hydrogen) atoms. The van der Waals surface area contributed by atoms with E-state index >= 15 is 0 Å². The van der Waals surface area contributed by atoms with Gasteiger partial charge < -0.3 is 9.72 Å². The average Bonchev–Trinajstić information content (AvgIpc) is 2.69. The van der Waals surface area contributed by atoms with Crippen molar-refractivity contribution in [1.29, 1.82) is 0 Å². The van der Waals surface area contributed by atoms with E-state index in [1.807, 2.05) is 6.07 Å². The molecule has 2 heterocycles. The molecule has 0 aliphatic rings. The molecule has 0 saturated carbocycles. The standard InChI is InChI=1S/C16H25N3/c1-13(2)8-4-6-10-17-12-15-14(3)18-16-9-5-7-11-19(15)16/h5,7,9,11,13,17H,4,6,8,10,12H2,1-3H3. The highest BCUT2D eigenvalue weighted by Crippen LogP contribution is 2.11. The minimum Gasteiger partial charge on any atom is -0.311 e. The Kier molecular flexibility index (Phi) is 4.97. The largest absolute Gasteiger partial charge is 0.311 e. The van der Waals surface area contributed by atoms with Crippen LogP contribution < -0.4 is 5.32 Å². The van der Waals surface area contributed by atoms with E-state index in [-0.39, 0.29) is 0 Å². The number of nitrogens with one attached hydrogen (secondary N) is 1. The van der Waals surface area contributed by atoms with Gasteiger partial charge in [-0.15, -0.1) is 0 Å². The van der Waals surface area contributed by atoms with Crippen LogP contribution in [0.15, 0.2) is 24.4 Å². The minimum absolute atomic E-state index is 0.820. The van der Waals surface area contributed by atoms with Crippen LogP contribution in [0.1, 0.15) is 44.5 Å². The fourth-order valence-electron chi connectivity index (χ4n) is 2.39. The minimum atomic E-state index is 0.820. The lowest BCUT2D eigenvalue weighted by molar-refractivity contribution is 0.519. The van der Waals surface area contributed by atoms with Crippen molar-refractivity contribution in [2.24, 2.45) is 5.92 Å². The molecule has 0 fully saturated rings. The van der Waals surface area contributed by atoms with Crippen molar-refractivity contribution in [3.63, 3.8) is 0 Å². The number of hydrogen-bond acceptors (Lipinski definition) is 2. The van der Waals surface area contributed by atoms with Gasteiger partial charge in [0.15, 0.2) is 0 Å². The van der Waals surface area contributed by atoms with Crippen LogP contribution in [0.5, 0.6) is 0 Å². The number of hydrogen-bond donors (Lipinski definition) is 1. The lowest BCUT2D eigenvalue weighted by Crippen LogP contribution is -2.16. The monoisotopic (exact) mass is 259 g/mol. The molecule has 2 aromatic rings. The maximum atomic E-state index is 4.57. The van der Waals surface area contributed by atoms with E-state index in [0.717, 1.165) is 30.3 Å². The summed E-state index contributed by atoms with van der Waals surface area (Å²) in [6.45, 7) is 8.65. The molecule has 3 nitrogen and oxygen atoms in total. The molecule has 0 unspecified atom stereocenters. The van der Waals surface area contributed by atoms with Crippen LogP contribution in [0, 0.1) is 12.8 Å². The molecule has 2 aromatic heterocycles. The van der Waals surface area contributed by atoms with E-state index in [4.69, 9.17) is 0 Å². The molecule has 0 atom stereocenters. The van der Waals surface area contributed by atoms with Gasteiger partial charge in [0.1, 0.15) is 5.65 Å². The predicted octanol–water partition coefficient (Wildman–Crippen LogP) is 3.56. The van der Waals surface area contributed by atoms with Crippen molar-refractivity contribution in [1.82, 2.24) is 14.7 Å². The summed E-state index contributed by atoms with van der Waals surface area (Å²) in [4.78, 5) is 4.57. The third kappa shape index (κ3) is 3.80. The lowest BCUT2D eigenvalue weighted by atomic mass is 10.1. The predicted molar refractivity (Wildman–Crippen MR) is 80.3 cm³/mol. The first-order chi connectivity index (χ1) is 9.18. The van der Waals surface area contributed by atoms with Crippen molar-refractivity contribution in [2.75, 3.05) is 6.54 Å². The number of fused-ring (bicyclic) bond motifs is 1. The van der Waals surface area contributed by atoms with Crippen LogP contribution in [-0.4, -0.2) is 15.9 Å². The van der Waals surface area contributed by atoms with E-state index in [2.05, 4.69) is 53.8 Å². The van der Waals surface area contributed by atoms with Crippen molar-refractivity contribution < 1.29 is 0 Å². The van der Waals surface area contributed by atoms with Gasteiger partial charge in [-0.2, -0.15) is 0 Å². The zero-order valence-electron chi connectivity index (χ0n) is 12.3. The van der Waals surface area contributed by atoms with Crippen molar-refractivity contribution in [2.45, 2.75) is 46.6 Å². The highest BCUT2D eigenvalue weighted by molar-refractivity contribution is 5.42. The van der Waals surface area contributed by atoms with Gasteiger partial charge in [-0.1, -0.05) is 32.8 Å². The van der Waals surface area contributed by atoms with Gasteiger partial charge in [0, 0.05) is 12.7 Å². The number of pyridine rings is 1. The topological polar surface area (TPSA) is 29.3 Å². The average molecular weight is 259 g/mol. The molecule has 0 aliphatic heterocycles. The molecule has 0 spiro atoms. The third-order valence-corrected chi connectivity index (χ3v) is 3.51. The second kappa shape index (κ2) is 6.71. The van der Waals surface area contributed by atoms with E-state index in [1.54, 1.807) is 0 Å². The molecule has 1 N–H and O–H groups in total. The number of nitrogens with zero attached hydrogens (tertiary/aromatic N) is 2. The zero-order valence-corrected chi connectivity index (χ0v) is 12.3. The quantitative estimate of drug-likeness (QED) is 0.770. The van der Waals surface area contributed by atoms with Crippen LogP contribution >= 0.6 is 0 Å². The van der Waals surface area contributed by atoms with Crippen LogP contribution in [0.4, 0.5) is 0 Å². The van der Waals surface area contributed by atoms with Gasteiger partial charge >= 0.3 is 0 Å². The Hall–Kier alpha value is -1.35. The zero-order chi connectivity index (χ0) is 13.7. The summed E-state index contributed by atoms with van der Waals surface area (Å²) in [6, 6.07) is 6.14. The van der Waals surface area contributed by atoms with Gasteiger partial charge in [-0.25, -0.2) is 4.98 Å². The summed E-state index contributed by atoms with van der Waals surface area (Å²) < 4.78 is 2.18. The Bertz CT molecular complexity index is 514. The van der Waals surface area contributed by atoms with Gasteiger partial charge in [-0.05, 0) is 37.9 Å². The second-order valence-electron chi connectivity index (χ2n) is 5.64. The molecule has 104 valence electrons. The van der Waals surface area contributed by atoms with E-state index in [1.165, 1.54) is 25.0 Å². The molecule has 3 heteroatoms. The summed E-state index contributed by atoms with van der Waals surface area (Å²) in [5.41, 5.74) is 3.44. The Morgan fingerprint density at radius 1 is 1.26 bits per heavy atom. The molecular weight excluding hydrogens is 234 g/mol. The first kappa shape index (κ1) is 14.1. The van der Waals surface area contributed by atoms with E-state index in [9.17, 15) is 0 Å². The Balaban J connectivity index is 1.83. The number of aryl methyl sites for hydroxylation is 1. The summed E-state index contributed by atoms with van der Waals surface area (Å²) in [5.74, 6) is 0.820. The van der Waals surface area contributed by atoms with Gasteiger partial charge in [-0.3, -0.25) is 0 Å². The molecule has 2 rings (SSSR count). The summed E-state index contributed by atoms with van der Waals surface area (Å²) in [5, 5.41) is 3.53. The molecule has 0 amide bonds. The lowest BCUT2D eigenvalue weighted by Gasteiger charge is -2.07.